The Balaban J connectivity index is 2.82. The Morgan fingerprint density at radius 1 is 1.37 bits per heavy atom. The topological polar surface area (TPSA) is 49.5 Å². The van der Waals surface area contributed by atoms with E-state index in [0.717, 1.165) is 18.5 Å². The molecule has 0 unspecified atom stereocenters. The number of aliphatic hydroxyl groups excluding tert-OH is 1. The molecule has 0 fully saturated rings. The van der Waals surface area contributed by atoms with E-state index in [-0.39, 0.29) is 19.0 Å². The first kappa shape index (κ1) is 15.6. The first-order valence-corrected chi connectivity index (χ1v) is 6.51. The molecule has 1 aromatic rings. The molecule has 1 aromatic carbocycles. The van der Waals surface area contributed by atoms with Crippen molar-refractivity contribution in [3.8, 4) is 11.8 Å². The molecule has 104 valence electrons. The van der Waals surface area contributed by atoms with Crippen LogP contribution >= 0.6 is 0 Å². The summed E-state index contributed by atoms with van der Waals surface area (Å²) in [5, 5.41) is 9.02. The van der Waals surface area contributed by atoms with Crippen LogP contribution in [0, 0.1) is 17.7 Å². The predicted octanol–water partition coefficient (Wildman–Crippen LogP) is 1.34. The zero-order valence-electron chi connectivity index (χ0n) is 11.3. The molecule has 0 saturated carbocycles. The second-order valence-corrected chi connectivity index (χ2v) is 4.32. The second-order valence-electron chi connectivity index (χ2n) is 4.32. The molecule has 0 aliphatic heterocycles. The maximum atomic E-state index is 13.5. The molecule has 0 aromatic heterocycles. The summed E-state index contributed by atoms with van der Waals surface area (Å²) in [6.45, 7) is 4.65. The van der Waals surface area contributed by atoms with Gasteiger partial charge in [-0.15, -0.1) is 0 Å². The lowest BCUT2D eigenvalue weighted by Gasteiger charge is -2.20. The lowest BCUT2D eigenvalue weighted by atomic mass is 10.1. The van der Waals surface area contributed by atoms with Crippen LogP contribution in [0.2, 0.25) is 0 Å². The fourth-order valence-corrected chi connectivity index (χ4v) is 1.90. The smallest absolute Gasteiger partial charge is 0.138 e. The monoisotopic (exact) mass is 264 g/mol. The normalized spacial score (nSPS) is 10.4. The van der Waals surface area contributed by atoms with E-state index in [0.29, 0.717) is 18.7 Å². The van der Waals surface area contributed by atoms with Gasteiger partial charge < -0.3 is 10.8 Å². The molecule has 3 nitrogen and oxygen atoms in total. The van der Waals surface area contributed by atoms with E-state index in [1.54, 1.807) is 12.1 Å². The first-order chi connectivity index (χ1) is 9.21. The van der Waals surface area contributed by atoms with Gasteiger partial charge in [-0.2, -0.15) is 0 Å². The van der Waals surface area contributed by atoms with E-state index >= 15 is 0 Å². The van der Waals surface area contributed by atoms with Gasteiger partial charge in [-0.1, -0.05) is 24.8 Å². The summed E-state index contributed by atoms with van der Waals surface area (Å²) in [6.07, 6.45) is 1.01. The molecular weight excluding hydrogens is 243 g/mol. The van der Waals surface area contributed by atoms with Crippen molar-refractivity contribution < 1.29 is 9.50 Å². The standard InChI is InChI=1S/C15H21FN2O/c1-2-8-18(9-10-19)12-13-5-6-15(16)14(11-13)4-3-7-17/h5-6,11,19H,2,7-10,12,17H2,1H3. The maximum Gasteiger partial charge on any atom is 0.138 e. The summed E-state index contributed by atoms with van der Waals surface area (Å²) < 4.78 is 13.5. The van der Waals surface area contributed by atoms with Crippen LogP contribution in [0.15, 0.2) is 18.2 Å². The van der Waals surface area contributed by atoms with Crippen LogP contribution in [0.4, 0.5) is 4.39 Å². The summed E-state index contributed by atoms with van der Waals surface area (Å²) in [6, 6.07) is 4.93. The Kier molecular flexibility index (Phi) is 7.12. The molecule has 0 atom stereocenters. The highest BCUT2D eigenvalue weighted by Gasteiger charge is 2.06. The number of hydrogen-bond acceptors (Lipinski definition) is 3. The lowest BCUT2D eigenvalue weighted by molar-refractivity contribution is 0.190. The van der Waals surface area contributed by atoms with Crippen LogP contribution in [0.3, 0.4) is 0 Å². The molecule has 0 aliphatic rings. The second kappa shape index (κ2) is 8.65. The number of aliphatic hydroxyl groups is 1. The summed E-state index contributed by atoms with van der Waals surface area (Å²) in [5.41, 5.74) is 6.66. The van der Waals surface area contributed by atoms with Crippen LogP contribution in [-0.2, 0) is 6.54 Å². The van der Waals surface area contributed by atoms with Crippen LogP contribution in [0.25, 0.3) is 0 Å². The third kappa shape index (κ3) is 5.39. The highest BCUT2D eigenvalue weighted by atomic mass is 19.1. The van der Waals surface area contributed by atoms with Gasteiger partial charge in [0.2, 0.25) is 0 Å². The highest BCUT2D eigenvalue weighted by molar-refractivity contribution is 5.38. The number of hydrogen-bond donors (Lipinski definition) is 2. The predicted molar refractivity (Wildman–Crippen MR) is 75.0 cm³/mol. The maximum absolute atomic E-state index is 13.5. The zero-order valence-corrected chi connectivity index (χ0v) is 11.3. The van der Waals surface area contributed by atoms with E-state index in [9.17, 15) is 4.39 Å². The number of rotatable bonds is 6. The zero-order chi connectivity index (χ0) is 14.1. The van der Waals surface area contributed by atoms with Gasteiger partial charge >= 0.3 is 0 Å². The van der Waals surface area contributed by atoms with Crippen LogP contribution in [0.1, 0.15) is 24.5 Å². The van der Waals surface area contributed by atoms with Crippen molar-refractivity contribution in [3.05, 3.63) is 35.1 Å². The Bertz CT molecular complexity index is 445. The first-order valence-electron chi connectivity index (χ1n) is 6.51. The fourth-order valence-electron chi connectivity index (χ4n) is 1.90. The number of benzene rings is 1. The molecule has 3 N–H and O–H groups in total. The fraction of sp³-hybridized carbons (Fsp3) is 0.467. The molecule has 0 radical (unpaired) electrons. The van der Waals surface area contributed by atoms with Crippen molar-refractivity contribution in [1.82, 2.24) is 4.90 Å². The summed E-state index contributed by atoms with van der Waals surface area (Å²) >= 11 is 0. The number of nitrogens with zero attached hydrogens (tertiary/aromatic N) is 1. The van der Waals surface area contributed by atoms with Crippen molar-refractivity contribution in [2.24, 2.45) is 5.73 Å². The van der Waals surface area contributed by atoms with Gasteiger partial charge in [-0.05, 0) is 30.7 Å². The lowest BCUT2D eigenvalue weighted by Crippen LogP contribution is -2.27. The summed E-state index contributed by atoms with van der Waals surface area (Å²) in [7, 11) is 0. The molecule has 19 heavy (non-hydrogen) atoms. The van der Waals surface area contributed by atoms with Crippen molar-refractivity contribution >= 4 is 0 Å². The Hall–Kier alpha value is -1.41. The Morgan fingerprint density at radius 2 is 2.16 bits per heavy atom. The van der Waals surface area contributed by atoms with E-state index in [1.807, 2.05) is 0 Å². The minimum atomic E-state index is -0.325. The SMILES string of the molecule is CCCN(CCO)Cc1ccc(F)c(C#CCN)c1. The van der Waals surface area contributed by atoms with Gasteiger partial charge in [0.15, 0.2) is 0 Å². The molecular formula is C15H21FN2O. The van der Waals surface area contributed by atoms with Gasteiger partial charge in [0.05, 0.1) is 18.7 Å². The van der Waals surface area contributed by atoms with Gasteiger partial charge in [0, 0.05) is 13.1 Å². The Labute approximate surface area is 114 Å². The molecule has 0 heterocycles. The average Bonchev–Trinajstić information content (AvgIpc) is 2.40. The third-order valence-electron chi connectivity index (χ3n) is 2.72. The largest absolute Gasteiger partial charge is 0.395 e. The summed E-state index contributed by atoms with van der Waals surface area (Å²) in [4.78, 5) is 2.13. The van der Waals surface area contributed by atoms with Crippen LogP contribution in [0.5, 0.6) is 0 Å². The van der Waals surface area contributed by atoms with Crippen molar-refractivity contribution in [2.45, 2.75) is 19.9 Å². The van der Waals surface area contributed by atoms with E-state index < -0.39 is 0 Å². The molecule has 1 rings (SSSR count). The van der Waals surface area contributed by atoms with E-state index in [1.165, 1.54) is 6.07 Å². The minimum absolute atomic E-state index is 0.126. The molecule has 0 aliphatic carbocycles. The summed E-state index contributed by atoms with van der Waals surface area (Å²) in [5.74, 6) is 5.07. The third-order valence-corrected chi connectivity index (χ3v) is 2.72. The minimum Gasteiger partial charge on any atom is -0.395 e. The average molecular weight is 264 g/mol. The van der Waals surface area contributed by atoms with E-state index in [4.69, 9.17) is 10.8 Å². The van der Waals surface area contributed by atoms with E-state index in [2.05, 4.69) is 23.7 Å². The van der Waals surface area contributed by atoms with Crippen molar-refractivity contribution in [1.29, 1.82) is 0 Å². The quantitative estimate of drug-likeness (QED) is 0.762. The molecule has 4 heteroatoms. The highest BCUT2D eigenvalue weighted by Crippen LogP contribution is 2.12. The van der Waals surface area contributed by atoms with Crippen LogP contribution in [-0.4, -0.2) is 36.2 Å². The molecule has 0 spiro atoms. The van der Waals surface area contributed by atoms with Crippen molar-refractivity contribution in [3.63, 3.8) is 0 Å². The van der Waals surface area contributed by atoms with Gasteiger partial charge in [-0.25, -0.2) is 4.39 Å². The number of nitrogens with two attached hydrogens (primary N) is 1. The number of halogens is 1. The van der Waals surface area contributed by atoms with Gasteiger partial charge in [-0.3, -0.25) is 4.90 Å². The van der Waals surface area contributed by atoms with Crippen LogP contribution < -0.4 is 5.73 Å². The van der Waals surface area contributed by atoms with Gasteiger partial charge in [0.1, 0.15) is 5.82 Å². The molecule has 0 bridgehead atoms. The Morgan fingerprint density at radius 3 is 2.79 bits per heavy atom. The van der Waals surface area contributed by atoms with Gasteiger partial charge in [0.25, 0.3) is 0 Å². The molecule has 0 amide bonds. The molecule has 0 saturated heterocycles. The van der Waals surface area contributed by atoms with Crippen molar-refractivity contribution in [2.75, 3.05) is 26.2 Å².